The molecule has 0 bridgehead atoms. The molecule has 0 saturated carbocycles. The van der Waals surface area contributed by atoms with Gasteiger partial charge in [0, 0.05) is 4.88 Å². The maximum Gasteiger partial charge on any atom is 0.349 e. The molecular weight excluding hydrogens is 270 g/mol. The van der Waals surface area contributed by atoms with Gasteiger partial charge >= 0.3 is 17.3 Å². The summed E-state index contributed by atoms with van der Waals surface area (Å²) in [5.41, 5.74) is -0.435. The van der Waals surface area contributed by atoms with E-state index in [4.69, 9.17) is 0 Å². The fourth-order valence-electron chi connectivity index (χ4n) is 2.42. The minimum absolute atomic E-state index is 0.0897. The highest BCUT2D eigenvalue weighted by Crippen LogP contribution is 2.35. The van der Waals surface area contributed by atoms with Crippen molar-refractivity contribution < 1.29 is 9.90 Å². The summed E-state index contributed by atoms with van der Waals surface area (Å²) in [6.45, 7) is 0. The third-order valence-electron chi connectivity index (χ3n) is 3.25. The van der Waals surface area contributed by atoms with Crippen molar-refractivity contribution >= 4 is 17.3 Å². The summed E-state index contributed by atoms with van der Waals surface area (Å²) in [7, 11) is 0. The fraction of sp³-hybridized carbons (Fsp3) is 0.364. The molecule has 100 valence electrons. The number of aromatic nitrogens is 3. The molecule has 1 aliphatic rings. The molecule has 0 unspecified atom stereocenters. The van der Waals surface area contributed by atoms with Crippen LogP contribution in [0.3, 0.4) is 0 Å². The highest BCUT2D eigenvalue weighted by molar-refractivity contribution is 7.15. The third-order valence-corrected chi connectivity index (χ3v) is 4.53. The molecule has 8 heteroatoms. The van der Waals surface area contributed by atoms with E-state index in [9.17, 15) is 19.5 Å². The lowest BCUT2D eigenvalue weighted by Crippen LogP contribution is -2.25. The van der Waals surface area contributed by atoms with E-state index in [1.54, 1.807) is 0 Å². The largest absolute Gasteiger partial charge is 0.478 e. The Morgan fingerprint density at radius 1 is 1.16 bits per heavy atom. The van der Waals surface area contributed by atoms with Crippen LogP contribution in [0.5, 0.6) is 0 Å². The average molecular weight is 281 g/mol. The minimum atomic E-state index is -1.10. The number of hydrogen-bond donors (Lipinski definition) is 3. The third kappa shape index (κ3) is 1.75. The highest BCUT2D eigenvalue weighted by atomic mass is 32.1. The summed E-state index contributed by atoms with van der Waals surface area (Å²) in [5, 5.41) is 13.9. The molecule has 0 atom stereocenters. The zero-order chi connectivity index (χ0) is 13.6. The molecule has 0 fully saturated rings. The number of carboxylic acid groups (broad SMARTS) is 1. The molecule has 0 aromatic carbocycles. The molecule has 2 aromatic rings. The van der Waals surface area contributed by atoms with Crippen LogP contribution >= 0.6 is 11.3 Å². The van der Waals surface area contributed by atoms with Crippen LogP contribution in [0.1, 0.15) is 33.6 Å². The van der Waals surface area contributed by atoms with E-state index in [-0.39, 0.29) is 10.6 Å². The summed E-state index contributed by atoms with van der Waals surface area (Å²) >= 11 is 1.22. The van der Waals surface area contributed by atoms with Crippen molar-refractivity contribution in [2.45, 2.75) is 25.7 Å². The van der Waals surface area contributed by atoms with Crippen molar-refractivity contribution in [1.29, 1.82) is 0 Å². The Morgan fingerprint density at radius 2 is 1.79 bits per heavy atom. The molecule has 7 nitrogen and oxygen atoms in total. The lowest BCUT2D eigenvalue weighted by Gasteiger charge is -2.10. The van der Waals surface area contributed by atoms with Crippen LogP contribution in [0.25, 0.3) is 5.00 Å². The Bertz CT molecular complexity index is 736. The topological polar surface area (TPSA) is 108 Å². The van der Waals surface area contributed by atoms with E-state index in [1.807, 2.05) is 0 Å². The van der Waals surface area contributed by atoms with Crippen LogP contribution in [0, 0.1) is 0 Å². The summed E-state index contributed by atoms with van der Waals surface area (Å²) in [4.78, 5) is 35.6. The van der Waals surface area contributed by atoms with Crippen LogP contribution in [0.2, 0.25) is 0 Å². The summed E-state index contributed by atoms with van der Waals surface area (Å²) in [6, 6.07) is 0. The predicted molar refractivity (Wildman–Crippen MR) is 68.5 cm³/mol. The molecule has 0 aliphatic heterocycles. The molecule has 19 heavy (non-hydrogen) atoms. The Morgan fingerprint density at radius 3 is 2.42 bits per heavy atom. The van der Waals surface area contributed by atoms with Crippen LogP contribution in [0.15, 0.2) is 9.59 Å². The minimum Gasteiger partial charge on any atom is -0.478 e. The molecule has 0 saturated heterocycles. The molecule has 0 spiro atoms. The molecule has 0 radical (unpaired) electrons. The lowest BCUT2D eigenvalue weighted by molar-refractivity contribution is 0.0696. The van der Waals surface area contributed by atoms with E-state index in [0.29, 0.717) is 6.42 Å². The van der Waals surface area contributed by atoms with Crippen LogP contribution < -0.4 is 11.4 Å². The van der Waals surface area contributed by atoms with Gasteiger partial charge in [0.25, 0.3) is 0 Å². The van der Waals surface area contributed by atoms with Gasteiger partial charge in [0.05, 0.1) is 5.56 Å². The fourth-order valence-corrected chi connectivity index (χ4v) is 3.80. The van der Waals surface area contributed by atoms with Gasteiger partial charge in [0.15, 0.2) is 0 Å². The second kappa shape index (κ2) is 4.23. The lowest BCUT2D eigenvalue weighted by atomic mass is 9.95. The average Bonchev–Trinajstić information content (AvgIpc) is 2.89. The van der Waals surface area contributed by atoms with Gasteiger partial charge in [-0.15, -0.1) is 11.3 Å². The number of H-pyrrole nitrogens is 2. The summed E-state index contributed by atoms with van der Waals surface area (Å²) in [5.74, 6) is -1.10. The number of carboxylic acids is 1. The van der Waals surface area contributed by atoms with Crippen LogP contribution in [0.4, 0.5) is 0 Å². The first-order valence-corrected chi connectivity index (χ1v) is 6.69. The van der Waals surface area contributed by atoms with E-state index in [1.165, 1.54) is 11.3 Å². The standard InChI is InChI=1S/C11H11N3O4S/c15-9(16)7-5-3-1-2-4-6(5)19-8(7)14-10(17)12-13-11(14)18/h1-4H2,(H,12,17)(H,13,18)(H,15,16). The summed E-state index contributed by atoms with van der Waals surface area (Å²) < 4.78 is 0.854. The zero-order valence-corrected chi connectivity index (χ0v) is 10.7. The van der Waals surface area contributed by atoms with E-state index < -0.39 is 17.3 Å². The van der Waals surface area contributed by atoms with Gasteiger partial charge < -0.3 is 5.11 Å². The molecule has 3 N–H and O–H groups in total. The number of fused-ring (bicyclic) bond motifs is 1. The molecule has 2 aromatic heterocycles. The number of nitrogens with one attached hydrogen (secondary N) is 2. The normalized spacial score (nSPS) is 14.3. The van der Waals surface area contributed by atoms with Crippen LogP contribution in [-0.4, -0.2) is 25.8 Å². The van der Waals surface area contributed by atoms with Crippen molar-refractivity contribution in [2.24, 2.45) is 0 Å². The van der Waals surface area contributed by atoms with Gasteiger partial charge in [0.1, 0.15) is 5.00 Å². The number of carbonyl (C=O) groups is 1. The van der Waals surface area contributed by atoms with Gasteiger partial charge in [-0.05, 0) is 31.2 Å². The number of aromatic amines is 2. The van der Waals surface area contributed by atoms with Crippen molar-refractivity contribution in [3.8, 4) is 5.00 Å². The number of aromatic carboxylic acids is 1. The van der Waals surface area contributed by atoms with E-state index in [0.717, 1.165) is 34.3 Å². The van der Waals surface area contributed by atoms with Gasteiger partial charge in [-0.2, -0.15) is 0 Å². The Balaban J connectivity index is 2.33. The number of rotatable bonds is 2. The molecule has 2 heterocycles. The maximum atomic E-state index is 11.6. The Hall–Kier alpha value is -2.09. The van der Waals surface area contributed by atoms with E-state index in [2.05, 4.69) is 10.2 Å². The number of aryl methyl sites for hydroxylation is 1. The van der Waals surface area contributed by atoms with Gasteiger partial charge in [0.2, 0.25) is 0 Å². The molecular formula is C11H11N3O4S. The predicted octanol–water partition coefficient (Wildman–Crippen LogP) is 0.492. The first-order chi connectivity index (χ1) is 9.09. The number of nitrogens with zero attached hydrogens (tertiary/aromatic N) is 1. The first kappa shape index (κ1) is 12.0. The Kier molecular flexibility index (Phi) is 2.67. The quantitative estimate of drug-likeness (QED) is 0.744. The van der Waals surface area contributed by atoms with Crippen molar-refractivity contribution in [1.82, 2.24) is 14.8 Å². The van der Waals surface area contributed by atoms with Crippen LogP contribution in [-0.2, 0) is 12.8 Å². The molecule has 0 amide bonds. The monoisotopic (exact) mass is 281 g/mol. The van der Waals surface area contributed by atoms with E-state index >= 15 is 0 Å². The molecule has 3 rings (SSSR count). The van der Waals surface area contributed by atoms with Crippen molar-refractivity contribution in [3.05, 3.63) is 37.0 Å². The highest BCUT2D eigenvalue weighted by Gasteiger charge is 2.27. The van der Waals surface area contributed by atoms with Gasteiger partial charge in [-0.3, -0.25) is 0 Å². The number of thiophene rings is 1. The summed E-state index contributed by atoms with van der Waals surface area (Å²) in [6.07, 6.45) is 3.42. The number of hydrogen-bond acceptors (Lipinski definition) is 4. The molecule has 1 aliphatic carbocycles. The second-order valence-corrected chi connectivity index (χ2v) is 5.48. The smallest absolute Gasteiger partial charge is 0.349 e. The maximum absolute atomic E-state index is 11.6. The second-order valence-electron chi connectivity index (χ2n) is 4.39. The van der Waals surface area contributed by atoms with Gasteiger partial charge in [-0.25, -0.2) is 29.1 Å². The first-order valence-electron chi connectivity index (χ1n) is 5.87. The Labute approximate surface area is 110 Å². The van der Waals surface area contributed by atoms with Crippen molar-refractivity contribution in [2.75, 3.05) is 0 Å². The zero-order valence-electron chi connectivity index (χ0n) is 9.86. The van der Waals surface area contributed by atoms with Gasteiger partial charge in [-0.1, -0.05) is 0 Å². The SMILES string of the molecule is O=C(O)c1c(-n2c(=O)[nH][nH]c2=O)sc2c1CCCC2. The van der Waals surface area contributed by atoms with Crippen molar-refractivity contribution in [3.63, 3.8) is 0 Å².